The summed E-state index contributed by atoms with van der Waals surface area (Å²) < 4.78 is 0. The SMILES string of the molecule is Clc1ccc(-c2ccc(C#Cc3ccc(/C=C/CN4CCCC4)cc3)nc2)cc1. The number of rotatable bonds is 4. The standard InChI is InChI=1S/C26H23ClN2/c27-25-13-10-23(11-14-25)24-12-16-26(28-20-24)15-9-22-7-5-21(6-8-22)4-3-19-29-17-1-2-18-29/h3-8,10-14,16,20H,1-2,17-19H2/b4-3+. The zero-order chi connectivity index (χ0) is 19.9. The van der Waals surface area contributed by atoms with E-state index in [1.54, 1.807) is 0 Å². The Morgan fingerprint density at radius 3 is 2.28 bits per heavy atom. The maximum Gasteiger partial charge on any atom is 0.113 e. The van der Waals surface area contributed by atoms with Gasteiger partial charge in [0.25, 0.3) is 0 Å². The number of hydrogen-bond donors (Lipinski definition) is 0. The van der Waals surface area contributed by atoms with Gasteiger partial charge >= 0.3 is 0 Å². The molecule has 2 aromatic carbocycles. The zero-order valence-corrected chi connectivity index (χ0v) is 17.1. The summed E-state index contributed by atoms with van der Waals surface area (Å²) in [6, 6.07) is 20.1. The highest BCUT2D eigenvalue weighted by molar-refractivity contribution is 6.30. The molecule has 1 aromatic heterocycles. The molecule has 0 bridgehead atoms. The van der Waals surface area contributed by atoms with E-state index in [4.69, 9.17) is 11.6 Å². The second-order valence-corrected chi connectivity index (χ2v) is 7.66. The van der Waals surface area contributed by atoms with Crippen LogP contribution in [0.2, 0.25) is 5.02 Å². The fraction of sp³-hybridized carbons (Fsp3) is 0.192. The van der Waals surface area contributed by atoms with Crippen LogP contribution in [0.5, 0.6) is 0 Å². The molecule has 1 saturated heterocycles. The molecule has 0 N–H and O–H groups in total. The van der Waals surface area contributed by atoms with Gasteiger partial charge in [0.2, 0.25) is 0 Å². The Balaban J connectivity index is 1.37. The van der Waals surface area contributed by atoms with E-state index in [0.717, 1.165) is 34.0 Å². The van der Waals surface area contributed by atoms with Gasteiger partial charge in [0, 0.05) is 28.9 Å². The number of aromatic nitrogens is 1. The van der Waals surface area contributed by atoms with Gasteiger partial charge in [0.15, 0.2) is 0 Å². The molecule has 2 nitrogen and oxygen atoms in total. The average molecular weight is 399 g/mol. The second kappa shape index (κ2) is 9.56. The first-order chi connectivity index (χ1) is 14.3. The molecule has 4 rings (SSSR count). The molecule has 2 heterocycles. The van der Waals surface area contributed by atoms with Crippen LogP contribution in [-0.4, -0.2) is 29.5 Å². The van der Waals surface area contributed by atoms with Gasteiger partial charge in [-0.15, -0.1) is 0 Å². The van der Waals surface area contributed by atoms with Gasteiger partial charge in [-0.05, 0) is 73.3 Å². The van der Waals surface area contributed by atoms with Gasteiger partial charge < -0.3 is 0 Å². The topological polar surface area (TPSA) is 16.1 Å². The van der Waals surface area contributed by atoms with Crippen LogP contribution in [-0.2, 0) is 0 Å². The number of pyridine rings is 1. The summed E-state index contributed by atoms with van der Waals surface area (Å²) in [4.78, 5) is 6.95. The van der Waals surface area contributed by atoms with E-state index in [1.807, 2.05) is 42.6 Å². The number of hydrogen-bond acceptors (Lipinski definition) is 2. The van der Waals surface area contributed by atoms with Gasteiger partial charge in [0.05, 0.1) is 0 Å². The van der Waals surface area contributed by atoms with Crippen molar-refractivity contribution in [2.75, 3.05) is 19.6 Å². The molecule has 29 heavy (non-hydrogen) atoms. The predicted molar refractivity (Wildman–Crippen MR) is 122 cm³/mol. The molecule has 3 aromatic rings. The van der Waals surface area contributed by atoms with E-state index in [9.17, 15) is 0 Å². The Bertz CT molecular complexity index is 1020. The summed E-state index contributed by atoms with van der Waals surface area (Å²) in [5.41, 5.74) is 5.11. The molecule has 0 radical (unpaired) electrons. The van der Waals surface area contributed by atoms with Crippen molar-refractivity contribution in [2.24, 2.45) is 0 Å². The highest BCUT2D eigenvalue weighted by atomic mass is 35.5. The fourth-order valence-corrected chi connectivity index (χ4v) is 3.52. The molecule has 1 aliphatic heterocycles. The smallest absolute Gasteiger partial charge is 0.113 e. The highest BCUT2D eigenvalue weighted by Crippen LogP contribution is 2.20. The number of benzene rings is 2. The average Bonchev–Trinajstić information content (AvgIpc) is 3.28. The van der Waals surface area contributed by atoms with Crippen molar-refractivity contribution in [1.29, 1.82) is 0 Å². The second-order valence-electron chi connectivity index (χ2n) is 7.22. The van der Waals surface area contributed by atoms with Gasteiger partial charge in [-0.25, -0.2) is 4.98 Å². The minimum Gasteiger partial charge on any atom is -0.300 e. The van der Waals surface area contributed by atoms with E-state index in [-0.39, 0.29) is 0 Å². The summed E-state index contributed by atoms with van der Waals surface area (Å²) in [5.74, 6) is 6.33. The minimum absolute atomic E-state index is 0.734. The first-order valence-corrected chi connectivity index (χ1v) is 10.4. The number of nitrogens with zero attached hydrogens (tertiary/aromatic N) is 2. The molecular weight excluding hydrogens is 376 g/mol. The lowest BCUT2D eigenvalue weighted by Crippen LogP contribution is -2.18. The van der Waals surface area contributed by atoms with Crippen LogP contribution < -0.4 is 0 Å². The summed E-state index contributed by atoms with van der Waals surface area (Å²) in [5, 5.41) is 0.734. The predicted octanol–water partition coefficient (Wildman–Crippen LogP) is 5.91. The van der Waals surface area contributed by atoms with E-state index < -0.39 is 0 Å². The quantitative estimate of drug-likeness (QED) is 0.508. The molecule has 0 saturated carbocycles. The van der Waals surface area contributed by atoms with Crippen LogP contribution in [0.1, 0.15) is 29.7 Å². The first kappa shape index (κ1) is 19.5. The number of likely N-dealkylation sites (tertiary alicyclic amines) is 1. The highest BCUT2D eigenvalue weighted by Gasteiger charge is 2.08. The molecule has 1 fully saturated rings. The molecule has 0 spiro atoms. The maximum absolute atomic E-state index is 5.95. The Labute approximate surface area is 177 Å². The van der Waals surface area contributed by atoms with Crippen LogP contribution >= 0.6 is 11.6 Å². The Morgan fingerprint density at radius 2 is 1.59 bits per heavy atom. The van der Waals surface area contributed by atoms with Gasteiger partial charge in [0.1, 0.15) is 5.69 Å². The van der Waals surface area contributed by atoms with E-state index in [0.29, 0.717) is 0 Å². The minimum atomic E-state index is 0.734. The van der Waals surface area contributed by atoms with E-state index >= 15 is 0 Å². The third-order valence-electron chi connectivity index (χ3n) is 5.06. The van der Waals surface area contributed by atoms with Crippen molar-refractivity contribution < 1.29 is 0 Å². The van der Waals surface area contributed by atoms with Crippen molar-refractivity contribution in [3.8, 4) is 23.0 Å². The first-order valence-electron chi connectivity index (χ1n) is 9.99. The van der Waals surface area contributed by atoms with Gasteiger partial charge in [-0.1, -0.05) is 60.0 Å². The Kier molecular flexibility index (Phi) is 6.42. The van der Waals surface area contributed by atoms with Crippen LogP contribution in [0.3, 0.4) is 0 Å². The zero-order valence-electron chi connectivity index (χ0n) is 16.3. The van der Waals surface area contributed by atoms with Crippen molar-refractivity contribution in [2.45, 2.75) is 12.8 Å². The fourth-order valence-electron chi connectivity index (χ4n) is 3.40. The summed E-state index contributed by atoms with van der Waals surface area (Å²) >= 11 is 5.95. The molecule has 0 amide bonds. The third-order valence-corrected chi connectivity index (χ3v) is 5.31. The van der Waals surface area contributed by atoms with Crippen molar-refractivity contribution in [1.82, 2.24) is 9.88 Å². The molecule has 1 aliphatic rings. The lowest BCUT2D eigenvalue weighted by atomic mass is 10.1. The van der Waals surface area contributed by atoms with Crippen molar-refractivity contribution in [3.05, 3.63) is 94.8 Å². The van der Waals surface area contributed by atoms with Crippen molar-refractivity contribution >= 4 is 17.7 Å². The Hall–Kier alpha value is -2.86. The molecule has 3 heteroatoms. The monoisotopic (exact) mass is 398 g/mol. The molecule has 0 atom stereocenters. The van der Waals surface area contributed by atoms with E-state index in [2.05, 4.69) is 58.1 Å². The summed E-state index contributed by atoms with van der Waals surface area (Å²) in [6.45, 7) is 3.50. The van der Waals surface area contributed by atoms with Crippen LogP contribution in [0.15, 0.2) is 72.9 Å². The molecular formula is C26H23ClN2. The normalized spacial score (nSPS) is 14.1. The Morgan fingerprint density at radius 1 is 0.862 bits per heavy atom. The van der Waals surface area contributed by atoms with E-state index in [1.165, 1.54) is 31.5 Å². The molecule has 0 aliphatic carbocycles. The third kappa shape index (κ3) is 5.57. The largest absolute Gasteiger partial charge is 0.300 e. The lowest BCUT2D eigenvalue weighted by Gasteiger charge is -2.10. The number of halogens is 1. The van der Waals surface area contributed by atoms with Crippen LogP contribution in [0.4, 0.5) is 0 Å². The molecule has 0 unspecified atom stereocenters. The maximum atomic E-state index is 5.95. The van der Waals surface area contributed by atoms with Crippen molar-refractivity contribution in [3.63, 3.8) is 0 Å². The molecule has 144 valence electrons. The van der Waals surface area contributed by atoms with Gasteiger partial charge in [-0.2, -0.15) is 0 Å². The van der Waals surface area contributed by atoms with Gasteiger partial charge in [-0.3, -0.25) is 4.90 Å². The van der Waals surface area contributed by atoms with Crippen LogP contribution in [0, 0.1) is 11.8 Å². The lowest BCUT2D eigenvalue weighted by molar-refractivity contribution is 0.378. The van der Waals surface area contributed by atoms with Crippen LogP contribution in [0.25, 0.3) is 17.2 Å². The summed E-state index contributed by atoms with van der Waals surface area (Å²) in [7, 11) is 0. The summed E-state index contributed by atoms with van der Waals surface area (Å²) in [6.07, 6.45) is 8.95.